The Morgan fingerprint density at radius 2 is 1.45 bits per heavy atom. The summed E-state index contributed by atoms with van der Waals surface area (Å²) in [6, 6.07) is 4.39. The van der Waals surface area contributed by atoms with Gasteiger partial charge >= 0.3 is 51.4 Å². The summed E-state index contributed by atoms with van der Waals surface area (Å²) in [5, 5.41) is 12.6. The zero-order chi connectivity index (χ0) is 28.0. The number of nitrogens with zero attached hydrogens (tertiary/aromatic N) is 1. The molecular weight excluding hydrogens is 535 g/mol. The number of rotatable bonds is 18. The van der Waals surface area contributed by atoms with Crippen molar-refractivity contribution < 1.29 is 80.5 Å². The molecule has 0 radical (unpaired) electrons. The predicted molar refractivity (Wildman–Crippen MR) is 146 cm³/mol. The van der Waals surface area contributed by atoms with Gasteiger partial charge in [-0.25, -0.2) is 0 Å². The van der Waals surface area contributed by atoms with Crippen LogP contribution in [-0.4, -0.2) is 40.5 Å². The third-order valence-corrected chi connectivity index (χ3v) is 7.54. The maximum atomic E-state index is 13.2. The van der Waals surface area contributed by atoms with Crippen molar-refractivity contribution in [1.82, 2.24) is 10.2 Å². The van der Waals surface area contributed by atoms with E-state index < -0.39 is 29.7 Å². The van der Waals surface area contributed by atoms with Gasteiger partial charge in [-0.15, -0.1) is 0 Å². The number of fused-ring (bicyclic) bond motifs is 1. The fourth-order valence-electron chi connectivity index (χ4n) is 5.38. The Kier molecular flexibility index (Phi) is 16.2. The van der Waals surface area contributed by atoms with Gasteiger partial charge in [-0.1, -0.05) is 69.2 Å². The Morgan fingerprint density at radius 3 is 2.08 bits per heavy atom. The molecule has 212 valence electrons. The number of aryl methyl sites for hydroxylation is 1. The molecule has 1 saturated heterocycles. The largest absolute Gasteiger partial charge is 1.00 e. The van der Waals surface area contributed by atoms with Crippen LogP contribution in [0.5, 0.6) is 0 Å². The van der Waals surface area contributed by atoms with Gasteiger partial charge in [-0.2, -0.15) is 0 Å². The van der Waals surface area contributed by atoms with Gasteiger partial charge in [0.15, 0.2) is 0 Å². The van der Waals surface area contributed by atoms with Crippen LogP contribution in [-0.2, 0) is 20.8 Å². The van der Waals surface area contributed by atoms with Gasteiger partial charge in [0.05, 0.1) is 11.1 Å². The second-order valence-corrected chi connectivity index (χ2v) is 10.6. The van der Waals surface area contributed by atoms with Gasteiger partial charge in [0.1, 0.15) is 6.04 Å². The van der Waals surface area contributed by atoms with Crippen LogP contribution < -0.4 is 61.8 Å². The molecule has 2 aliphatic heterocycles. The molecule has 0 aliphatic carbocycles. The minimum atomic E-state index is -0.953. The summed E-state index contributed by atoms with van der Waals surface area (Å²) in [5.74, 6) is -2.80. The van der Waals surface area contributed by atoms with E-state index in [1.807, 2.05) is 6.07 Å². The second-order valence-electron chi connectivity index (χ2n) is 10.6. The first-order valence-corrected chi connectivity index (χ1v) is 14.6. The Morgan fingerprint density at radius 1 is 0.850 bits per heavy atom. The number of hydrogen-bond donors (Lipinski definition) is 1. The number of carbonyl (C=O) groups is 5. The van der Waals surface area contributed by atoms with Crippen molar-refractivity contribution in [2.75, 3.05) is 0 Å². The van der Waals surface area contributed by atoms with E-state index in [0.29, 0.717) is 17.5 Å². The number of carboxylic acid groups (broad SMARTS) is 1. The number of carboxylic acids is 1. The van der Waals surface area contributed by atoms with E-state index in [9.17, 15) is 29.1 Å². The predicted octanol–water partition coefficient (Wildman–Crippen LogP) is 1.40. The van der Waals surface area contributed by atoms with E-state index in [-0.39, 0.29) is 76.6 Å². The molecule has 2 heterocycles. The topological polar surface area (TPSA) is 124 Å². The number of piperidine rings is 1. The molecule has 1 atom stereocenters. The molecule has 8 nitrogen and oxygen atoms in total. The van der Waals surface area contributed by atoms with Crippen LogP contribution in [0.25, 0.3) is 0 Å². The molecule has 2 aliphatic rings. The van der Waals surface area contributed by atoms with E-state index in [4.69, 9.17) is 0 Å². The monoisotopic (exact) mass is 576 g/mol. The molecule has 1 unspecified atom stereocenters. The fraction of sp³-hybridized carbons (Fsp3) is 0.581. The number of hydrogen-bond acceptors (Lipinski definition) is 6. The number of carbonyl (C=O) groups excluding carboxylic acids is 5. The average Bonchev–Trinajstić information content (AvgIpc) is 3.16. The summed E-state index contributed by atoms with van der Waals surface area (Å²) < 4.78 is 0. The Hall–Kier alpha value is -1.65. The van der Waals surface area contributed by atoms with Crippen molar-refractivity contribution in [3.63, 3.8) is 0 Å². The van der Waals surface area contributed by atoms with Crippen LogP contribution in [0, 0.1) is 0 Å². The zero-order valence-electron chi connectivity index (χ0n) is 23.9. The third-order valence-electron chi connectivity index (χ3n) is 7.54. The van der Waals surface area contributed by atoms with Gasteiger partial charge in [-0.3, -0.25) is 29.4 Å². The van der Waals surface area contributed by atoms with Crippen LogP contribution in [0.2, 0.25) is 0 Å². The Balaban J connectivity index is 0.00000560. The van der Waals surface area contributed by atoms with Gasteiger partial charge < -0.3 is 9.90 Å². The first-order chi connectivity index (χ1) is 18.9. The van der Waals surface area contributed by atoms with E-state index in [1.54, 1.807) is 12.1 Å². The SMILES string of the molecule is O=C([O-])CCCCCCC/C=C\CCCCCCCCc1cccc2c1C(=O)N(C1CCC(=O)NC1=O)C2=O.[K+]. The smallest absolute Gasteiger partial charge is 0.550 e. The number of benzene rings is 1. The van der Waals surface area contributed by atoms with Crippen LogP contribution in [0.15, 0.2) is 30.4 Å². The molecule has 1 fully saturated rings. The van der Waals surface area contributed by atoms with Crippen molar-refractivity contribution in [1.29, 1.82) is 0 Å². The van der Waals surface area contributed by atoms with Crippen LogP contribution >= 0.6 is 0 Å². The van der Waals surface area contributed by atoms with E-state index in [1.165, 1.54) is 19.3 Å². The zero-order valence-corrected chi connectivity index (χ0v) is 27.0. The van der Waals surface area contributed by atoms with Crippen molar-refractivity contribution in [2.45, 2.75) is 115 Å². The third kappa shape index (κ3) is 10.6. The van der Waals surface area contributed by atoms with Crippen LogP contribution in [0.3, 0.4) is 0 Å². The Labute approximate surface area is 280 Å². The number of nitrogens with one attached hydrogen (secondary N) is 1. The van der Waals surface area contributed by atoms with Gasteiger partial charge in [-0.05, 0) is 69.4 Å². The summed E-state index contributed by atoms with van der Waals surface area (Å²) in [7, 11) is 0. The number of imide groups is 2. The first-order valence-electron chi connectivity index (χ1n) is 14.6. The van der Waals surface area contributed by atoms with Gasteiger partial charge in [0.25, 0.3) is 11.8 Å². The number of amides is 4. The summed E-state index contributed by atoms with van der Waals surface area (Å²) in [5.41, 5.74) is 1.61. The van der Waals surface area contributed by atoms with E-state index >= 15 is 0 Å². The summed E-state index contributed by atoms with van der Waals surface area (Å²) >= 11 is 0. The molecule has 9 heteroatoms. The molecule has 0 spiro atoms. The molecule has 4 amide bonds. The average molecular weight is 577 g/mol. The molecular formula is C31H41KN2O6. The first kappa shape index (κ1) is 34.5. The number of aliphatic carboxylic acids is 1. The minimum absolute atomic E-state index is 0. The fourth-order valence-corrected chi connectivity index (χ4v) is 5.38. The Bertz CT molecular complexity index is 1070. The van der Waals surface area contributed by atoms with Crippen molar-refractivity contribution in [3.05, 3.63) is 47.0 Å². The van der Waals surface area contributed by atoms with E-state index in [0.717, 1.165) is 74.7 Å². The summed E-state index contributed by atoms with van der Waals surface area (Å²) in [4.78, 5) is 61.3. The summed E-state index contributed by atoms with van der Waals surface area (Å²) in [6.07, 6.45) is 19.6. The van der Waals surface area contributed by atoms with Crippen LogP contribution in [0.4, 0.5) is 0 Å². The van der Waals surface area contributed by atoms with E-state index in [2.05, 4.69) is 17.5 Å². The second kappa shape index (κ2) is 18.7. The maximum absolute atomic E-state index is 13.2. The summed E-state index contributed by atoms with van der Waals surface area (Å²) in [6.45, 7) is 0. The molecule has 1 aromatic carbocycles. The molecule has 0 aromatic heterocycles. The maximum Gasteiger partial charge on any atom is 1.00 e. The molecule has 1 aromatic rings. The molecule has 3 rings (SSSR count). The number of unbranched alkanes of at least 4 members (excludes halogenated alkanes) is 11. The van der Waals surface area contributed by atoms with Crippen molar-refractivity contribution in [3.8, 4) is 0 Å². The van der Waals surface area contributed by atoms with Crippen molar-refractivity contribution in [2.24, 2.45) is 0 Å². The normalized spacial score (nSPS) is 16.8. The van der Waals surface area contributed by atoms with Gasteiger partial charge in [0, 0.05) is 12.4 Å². The van der Waals surface area contributed by atoms with Crippen LogP contribution in [0.1, 0.15) is 129 Å². The standard InChI is InChI=1S/C31H42N2O6.K/c34-26-22-21-25(29(37)32-26)33-30(38)24-19-16-18-23(28(24)31(33)39)17-14-12-10-8-6-4-2-1-3-5-7-9-11-13-15-20-27(35)36;/h1,3,16,18-19,25H,2,4-15,17,20-22H2,(H,35,36)(H,32,34,37);/q;+1/p-1/b3-1-;. The minimum Gasteiger partial charge on any atom is -0.550 e. The molecule has 1 N–H and O–H groups in total. The number of allylic oxidation sites excluding steroid dienone is 2. The molecule has 0 bridgehead atoms. The van der Waals surface area contributed by atoms with Crippen molar-refractivity contribution >= 4 is 29.6 Å². The molecule has 40 heavy (non-hydrogen) atoms. The quantitative estimate of drug-likeness (QED) is 0.122. The van der Waals surface area contributed by atoms with Gasteiger partial charge in [0.2, 0.25) is 11.8 Å². The molecule has 0 saturated carbocycles.